The number of nitroso groups, excluding NO2 is 1. The number of unbranched alkanes of at least 4 members (excludes halogenated alkanes) is 1. The van der Waals surface area contributed by atoms with Crippen LogP contribution in [0.25, 0.3) is 5.59 Å². The molecule has 1 aliphatic rings. The number of rotatable bonds is 5. The van der Waals surface area contributed by atoms with Crippen molar-refractivity contribution in [1.29, 1.82) is 0 Å². The van der Waals surface area contributed by atoms with Crippen LogP contribution >= 0.6 is 0 Å². The summed E-state index contributed by atoms with van der Waals surface area (Å²) in [5.74, 6) is 1.90. The van der Waals surface area contributed by atoms with Gasteiger partial charge in [-0.05, 0) is 37.0 Å². The van der Waals surface area contributed by atoms with Crippen LogP contribution in [0, 0.1) is 36.0 Å². The van der Waals surface area contributed by atoms with Crippen molar-refractivity contribution in [3.05, 3.63) is 23.8 Å². The van der Waals surface area contributed by atoms with Crippen LogP contribution in [0.5, 0.6) is 0 Å². The van der Waals surface area contributed by atoms with E-state index in [1.165, 1.54) is 12.8 Å². The predicted octanol–water partition coefficient (Wildman–Crippen LogP) is 4.43. The van der Waals surface area contributed by atoms with Crippen LogP contribution in [0.3, 0.4) is 0 Å². The summed E-state index contributed by atoms with van der Waals surface area (Å²) >= 11 is 0. The molecule has 3 atom stereocenters. The van der Waals surface area contributed by atoms with E-state index in [1.54, 1.807) is 0 Å². The minimum atomic E-state index is 0. The van der Waals surface area contributed by atoms with E-state index in [0.717, 1.165) is 19.3 Å². The third-order valence-electron chi connectivity index (χ3n) is 3.98. The molecule has 0 aromatic carbocycles. The van der Waals surface area contributed by atoms with Gasteiger partial charge >= 0.3 is 45.6 Å². The molecule has 0 amide bonds. The smallest absolute Gasteiger partial charge is 0.577 e. The second-order valence-electron chi connectivity index (χ2n) is 5.96. The first-order chi connectivity index (χ1) is 11.0. The summed E-state index contributed by atoms with van der Waals surface area (Å²) in [4.78, 5) is 19.0. The fraction of sp³-hybridized carbons (Fsp3) is 0.824. The summed E-state index contributed by atoms with van der Waals surface area (Å²) in [5, 5.41) is 0. The van der Waals surface area contributed by atoms with Gasteiger partial charge in [-0.1, -0.05) is 40.5 Å². The number of esters is 1. The Bertz CT molecular complexity index is 327. The van der Waals surface area contributed by atoms with Crippen molar-refractivity contribution in [1.82, 2.24) is 0 Å². The molecular weight excluding hydrogens is 354 g/mol. The van der Waals surface area contributed by atoms with Crippen molar-refractivity contribution in [2.24, 2.45) is 17.8 Å². The Kier molecular flexibility index (Phi) is 28.4. The molecule has 1 rings (SSSR count). The van der Waals surface area contributed by atoms with Crippen LogP contribution in [0.15, 0.2) is 0 Å². The number of carbonyl (C=O) groups excluding carboxylic acids is 1. The molecule has 24 heavy (non-hydrogen) atoms. The Hall–Kier alpha value is -0.931. The normalized spacial score (nSPS) is 21.1. The largest absolute Gasteiger partial charge is 2.00 e. The molecule has 0 unspecified atom stereocenters. The average Bonchev–Trinajstić information content (AvgIpc) is 2.58. The molecule has 0 aliphatic heterocycles. The molecule has 0 bridgehead atoms. The minimum absolute atomic E-state index is 0. The number of hydrogen-bond acceptors (Lipinski definition) is 3. The van der Waals surface area contributed by atoms with Crippen molar-refractivity contribution in [3.63, 3.8) is 0 Å². The second-order valence-corrected chi connectivity index (χ2v) is 5.96. The fourth-order valence-corrected chi connectivity index (χ4v) is 2.80. The number of hydrogen-bond donors (Lipinski definition) is 0. The van der Waals surface area contributed by atoms with Crippen LogP contribution in [0.4, 0.5) is 0 Å². The SMILES string of the molecule is CCCCC(=O)O[C@@H]1C[C@H](C)CC[C@H]1C(C)C.[C-]#[O+].[C-]#[O+].[Fe+2].[N-]=O. The summed E-state index contributed by atoms with van der Waals surface area (Å²) in [5.41, 5.74) is 5.75. The van der Waals surface area contributed by atoms with Gasteiger partial charge in [-0.2, -0.15) is 0 Å². The quantitative estimate of drug-likeness (QED) is 0.304. The van der Waals surface area contributed by atoms with Gasteiger partial charge < -0.3 is 15.2 Å². The third kappa shape index (κ3) is 14.6. The zero-order chi connectivity index (χ0) is 18.8. The molecule has 0 saturated heterocycles. The van der Waals surface area contributed by atoms with E-state index in [-0.39, 0.29) is 29.1 Å². The van der Waals surface area contributed by atoms with Crippen LogP contribution in [0.1, 0.15) is 66.2 Å². The number of nitrogens with zero attached hydrogens (tertiary/aromatic N) is 1. The van der Waals surface area contributed by atoms with Gasteiger partial charge in [0, 0.05) is 6.42 Å². The monoisotopic (exact) mass is 382 g/mol. The van der Waals surface area contributed by atoms with Crippen LogP contribution in [-0.2, 0) is 35.9 Å². The molecule has 0 aromatic heterocycles. The van der Waals surface area contributed by atoms with Crippen LogP contribution in [-0.4, -0.2) is 12.1 Å². The van der Waals surface area contributed by atoms with Crippen LogP contribution < -0.4 is 0 Å². The van der Waals surface area contributed by atoms with Gasteiger partial charge in [-0.15, -0.1) is 0 Å². The minimum Gasteiger partial charge on any atom is -0.577 e. The Morgan fingerprint density at radius 2 is 1.71 bits per heavy atom. The molecule has 1 saturated carbocycles. The van der Waals surface area contributed by atoms with E-state index in [0.29, 0.717) is 24.2 Å². The predicted molar refractivity (Wildman–Crippen MR) is 85.3 cm³/mol. The Morgan fingerprint density at radius 3 is 2.12 bits per heavy atom. The molecule has 0 heterocycles. The molecule has 1 aliphatic carbocycles. The van der Waals surface area contributed by atoms with Crippen LogP contribution in [0.2, 0.25) is 0 Å². The van der Waals surface area contributed by atoms with E-state index in [2.05, 4.69) is 41.0 Å². The van der Waals surface area contributed by atoms with Gasteiger partial charge in [-0.25, -0.2) is 0 Å². The topological polar surface area (TPSA) is 105 Å². The third-order valence-corrected chi connectivity index (χ3v) is 3.98. The van der Waals surface area contributed by atoms with E-state index >= 15 is 0 Å². The summed E-state index contributed by atoms with van der Waals surface area (Å²) in [6, 6.07) is 0. The maximum absolute atomic E-state index is 11.7. The van der Waals surface area contributed by atoms with Crippen molar-refractivity contribution in [2.45, 2.75) is 72.3 Å². The van der Waals surface area contributed by atoms with Crippen molar-refractivity contribution < 1.29 is 35.9 Å². The molecule has 0 spiro atoms. The first-order valence-corrected chi connectivity index (χ1v) is 7.83. The van der Waals surface area contributed by atoms with Crippen molar-refractivity contribution in [2.75, 3.05) is 0 Å². The van der Waals surface area contributed by atoms with Gasteiger partial charge in [0.25, 0.3) is 0 Å². The van der Waals surface area contributed by atoms with E-state index < -0.39 is 0 Å². The number of carbonyl (C=O) groups is 1. The maximum Gasteiger partial charge on any atom is 2.00 e. The molecule has 138 valence electrons. The molecular formula is C17H28FeNO5+. The van der Waals surface area contributed by atoms with Crippen molar-refractivity contribution in [3.8, 4) is 0 Å². The Morgan fingerprint density at radius 1 is 1.21 bits per heavy atom. The summed E-state index contributed by atoms with van der Waals surface area (Å²) in [7, 11) is 0. The summed E-state index contributed by atoms with van der Waals surface area (Å²) in [6.07, 6.45) is 6.32. The Labute approximate surface area is 156 Å². The summed E-state index contributed by atoms with van der Waals surface area (Å²) < 4.78 is 20.7. The molecule has 0 N–H and O–H groups in total. The second kappa shape index (κ2) is 22.1. The molecule has 1 fully saturated rings. The molecule has 0 aromatic rings. The number of ether oxygens (including phenoxy) is 1. The van der Waals surface area contributed by atoms with Gasteiger partial charge in [0.05, 0.1) is 0 Å². The zero-order valence-corrected chi connectivity index (χ0v) is 16.0. The average molecular weight is 382 g/mol. The van der Waals surface area contributed by atoms with Crippen molar-refractivity contribution >= 4 is 5.97 Å². The standard InChI is InChI=1S/C15H28O2.2CO.Fe.NO/c1-5-6-7-15(16)17-14-10-12(4)8-9-13(14)11(2)3;2*1-2;;1-2/h11-14H,5-10H2,1-4H3;;;;/q;;;+2;-1/t12-,13+,14-;;;;/m1..../s1. The van der Waals surface area contributed by atoms with Gasteiger partial charge in [0.1, 0.15) is 6.10 Å². The zero-order valence-electron chi connectivity index (χ0n) is 14.9. The fourth-order valence-electron chi connectivity index (χ4n) is 2.80. The van der Waals surface area contributed by atoms with Gasteiger partial charge in [0.15, 0.2) is 0 Å². The maximum atomic E-state index is 11.7. The molecule has 0 radical (unpaired) electrons. The first-order valence-electron chi connectivity index (χ1n) is 7.83. The summed E-state index contributed by atoms with van der Waals surface area (Å²) in [6.45, 7) is 17.9. The van der Waals surface area contributed by atoms with E-state index in [4.69, 9.17) is 24.5 Å². The Balaban J connectivity index is -0.000000256. The van der Waals surface area contributed by atoms with E-state index in [9.17, 15) is 4.79 Å². The molecule has 6 nitrogen and oxygen atoms in total. The molecule has 7 heteroatoms. The van der Waals surface area contributed by atoms with Gasteiger partial charge in [-0.3, -0.25) is 4.79 Å². The van der Waals surface area contributed by atoms with Gasteiger partial charge in [0.2, 0.25) is 0 Å². The van der Waals surface area contributed by atoms with E-state index in [1.807, 2.05) is 0 Å². The first kappa shape index (κ1) is 30.9.